The molecule has 110 valence electrons. The van der Waals surface area contributed by atoms with E-state index in [-0.39, 0.29) is 11.7 Å². The summed E-state index contributed by atoms with van der Waals surface area (Å²) in [5.41, 5.74) is -0.226. The molecule has 1 spiro atoms. The lowest BCUT2D eigenvalue weighted by atomic mass is 9.95. The Morgan fingerprint density at radius 1 is 1.26 bits per heavy atom. The summed E-state index contributed by atoms with van der Waals surface area (Å²) in [6, 6.07) is 0.331. The molecule has 1 amide bonds. The molecule has 2 aliphatic rings. The molecule has 3 atom stereocenters. The van der Waals surface area contributed by atoms with Crippen molar-refractivity contribution in [2.24, 2.45) is 11.8 Å². The van der Waals surface area contributed by atoms with Crippen molar-refractivity contribution in [2.75, 3.05) is 0 Å². The van der Waals surface area contributed by atoms with Crippen molar-refractivity contribution in [3.63, 3.8) is 0 Å². The Kier molecular flexibility index (Phi) is 4.24. The number of carbonyl (C=O) groups excluding carboxylic acids is 1. The smallest absolute Gasteiger partial charge is 0.244 e. The minimum absolute atomic E-state index is 0.217. The van der Waals surface area contributed by atoms with E-state index in [9.17, 15) is 4.79 Å². The number of hydrogen-bond acceptors (Lipinski definition) is 2. The first-order valence-corrected chi connectivity index (χ1v) is 8.03. The van der Waals surface area contributed by atoms with Gasteiger partial charge in [-0.2, -0.15) is 0 Å². The minimum atomic E-state index is -0.226. The van der Waals surface area contributed by atoms with E-state index in [4.69, 9.17) is 0 Å². The van der Waals surface area contributed by atoms with Gasteiger partial charge in [0, 0.05) is 6.04 Å². The molecule has 3 unspecified atom stereocenters. The zero-order valence-electron chi connectivity index (χ0n) is 13.2. The molecule has 0 aromatic heterocycles. The van der Waals surface area contributed by atoms with Gasteiger partial charge in [0.1, 0.15) is 0 Å². The summed E-state index contributed by atoms with van der Waals surface area (Å²) in [6.07, 6.45) is 5.78. The highest BCUT2D eigenvalue weighted by Crippen LogP contribution is 2.39. The summed E-state index contributed by atoms with van der Waals surface area (Å²) in [4.78, 5) is 15.1. The Morgan fingerprint density at radius 3 is 2.32 bits per heavy atom. The highest BCUT2D eigenvalue weighted by molar-refractivity contribution is 5.89. The topological polar surface area (TPSA) is 32.3 Å². The van der Waals surface area contributed by atoms with Gasteiger partial charge < -0.3 is 4.90 Å². The Bertz CT molecular complexity index is 334. The second kappa shape index (κ2) is 5.43. The average Bonchev–Trinajstić information content (AvgIpc) is 2.96. The summed E-state index contributed by atoms with van der Waals surface area (Å²) in [5, 5.41) is 3.70. The van der Waals surface area contributed by atoms with E-state index in [2.05, 4.69) is 44.8 Å². The number of nitrogens with zero attached hydrogens (tertiary/aromatic N) is 1. The maximum atomic E-state index is 13.0. The van der Waals surface area contributed by atoms with Gasteiger partial charge in [-0.1, -0.05) is 47.0 Å². The molecular formula is C16H30N2O. The molecule has 3 heteroatoms. The third-order valence-electron chi connectivity index (χ3n) is 5.36. The van der Waals surface area contributed by atoms with Crippen LogP contribution in [0.15, 0.2) is 0 Å². The van der Waals surface area contributed by atoms with Gasteiger partial charge in [0.15, 0.2) is 0 Å². The first kappa shape index (κ1) is 14.8. The second-order valence-corrected chi connectivity index (χ2v) is 6.96. The van der Waals surface area contributed by atoms with E-state index in [0.29, 0.717) is 23.8 Å². The van der Waals surface area contributed by atoms with Crippen LogP contribution < -0.4 is 5.32 Å². The number of rotatable bonds is 4. The van der Waals surface area contributed by atoms with Gasteiger partial charge in [-0.25, -0.2) is 0 Å². The summed E-state index contributed by atoms with van der Waals surface area (Å²) in [5.74, 6) is 1.40. The number of nitrogens with one attached hydrogen (secondary N) is 1. The molecule has 1 heterocycles. The summed E-state index contributed by atoms with van der Waals surface area (Å²) in [7, 11) is 0. The van der Waals surface area contributed by atoms with Gasteiger partial charge in [-0.05, 0) is 31.6 Å². The zero-order chi connectivity index (χ0) is 14.2. The molecule has 3 nitrogen and oxygen atoms in total. The minimum Gasteiger partial charge on any atom is -0.322 e. The fourth-order valence-electron chi connectivity index (χ4n) is 3.67. The molecule has 19 heavy (non-hydrogen) atoms. The van der Waals surface area contributed by atoms with E-state index >= 15 is 0 Å². The van der Waals surface area contributed by atoms with E-state index in [0.717, 1.165) is 19.3 Å². The summed E-state index contributed by atoms with van der Waals surface area (Å²) >= 11 is 0. The van der Waals surface area contributed by atoms with Crippen LogP contribution in [-0.4, -0.2) is 28.6 Å². The van der Waals surface area contributed by atoms with Gasteiger partial charge in [0.2, 0.25) is 5.91 Å². The molecule has 1 aliphatic carbocycles. The van der Waals surface area contributed by atoms with E-state index < -0.39 is 0 Å². The van der Waals surface area contributed by atoms with Gasteiger partial charge in [0.05, 0.1) is 11.7 Å². The number of hydrogen-bond donors (Lipinski definition) is 1. The van der Waals surface area contributed by atoms with E-state index in [1.165, 1.54) is 12.8 Å². The van der Waals surface area contributed by atoms with Crippen LogP contribution in [0, 0.1) is 11.8 Å². The summed E-state index contributed by atoms with van der Waals surface area (Å²) < 4.78 is 0. The first-order chi connectivity index (χ1) is 8.93. The van der Waals surface area contributed by atoms with Crippen LogP contribution in [0.1, 0.15) is 66.7 Å². The van der Waals surface area contributed by atoms with Gasteiger partial charge in [-0.3, -0.25) is 10.1 Å². The first-order valence-electron chi connectivity index (χ1n) is 8.03. The molecule has 2 rings (SSSR count). The van der Waals surface area contributed by atoms with Crippen LogP contribution >= 0.6 is 0 Å². The van der Waals surface area contributed by atoms with Crippen LogP contribution in [0.3, 0.4) is 0 Å². The lowest BCUT2D eigenvalue weighted by molar-refractivity contribution is -0.136. The van der Waals surface area contributed by atoms with Gasteiger partial charge >= 0.3 is 0 Å². The van der Waals surface area contributed by atoms with Crippen molar-refractivity contribution < 1.29 is 4.79 Å². The Hall–Kier alpha value is -0.570. The molecule has 1 saturated heterocycles. The maximum absolute atomic E-state index is 13.0. The van der Waals surface area contributed by atoms with Crippen LogP contribution in [0.5, 0.6) is 0 Å². The number of amides is 1. The largest absolute Gasteiger partial charge is 0.322 e. The highest BCUT2D eigenvalue weighted by atomic mass is 16.2. The SMILES string of the molecule is CCC(C)C(C)N1C(=O)C2(CCCC2)NC1C(C)C. The molecule has 1 aliphatic heterocycles. The lowest BCUT2D eigenvalue weighted by Gasteiger charge is -2.35. The molecule has 0 bridgehead atoms. The lowest BCUT2D eigenvalue weighted by Crippen LogP contribution is -2.48. The van der Waals surface area contributed by atoms with Crippen molar-refractivity contribution in [2.45, 2.75) is 84.5 Å². The highest BCUT2D eigenvalue weighted by Gasteiger charge is 2.54. The zero-order valence-corrected chi connectivity index (χ0v) is 13.2. The Balaban J connectivity index is 2.25. The molecule has 1 N–H and O–H groups in total. The van der Waals surface area contributed by atoms with E-state index in [1.807, 2.05) is 0 Å². The molecule has 2 fully saturated rings. The van der Waals surface area contributed by atoms with Crippen LogP contribution in [0.2, 0.25) is 0 Å². The predicted molar refractivity (Wildman–Crippen MR) is 78.7 cm³/mol. The third-order valence-corrected chi connectivity index (χ3v) is 5.36. The average molecular weight is 266 g/mol. The van der Waals surface area contributed by atoms with Crippen molar-refractivity contribution in [1.82, 2.24) is 10.2 Å². The predicted octanol–water partition coefficient (Wildman–Crippen LogP) is 3.15. The van der Waals surface area contributed by atoms with Crippen molar-refractivity contribution >= 4 is 5.91 Å². The van der Waals surface area contributed by atoms with Gasteiger partial charge in [-0.15, -0.1) is 0 Å². The Morgan fingerprint density at radius 2 is 1.84 bits per heavy atom. The molecule has 0 aromatic carbocycles. The molecule has 1 saturated carbocycles. The quantitative estimate of drug-likeness (QED) is 0.848. The van der Waals surface area contributed by atoms with Gasteiger partial charge in [0.25, 0.3) is 0 Å². The van der Waals surface area contributed by atoms with Crippen LogP contribution in [0.25, 0.3) is 0 Å². The van der Waals surface area contributed by atoms with E-state index in [1.54, 1.807) is 0 Å². The fraction of sp³-hybridized carbons (Fsp3) is 0.938. The third kappa shape index (κ3) is 2.42. The normalized spacial score (nSPS) is 29.5. The van der Waals surface area contributed by atoms with Crippen molar-refractivity contribution in [3.8, 4) is 0 Å². The number of carbonyl (C=O) groups is 1. The molecule has 0 radical (unpaired) electrons. The molecule has 0 aromatic rings. The van der Waals surface area contributed by atoms with Crippen molar-refractivity contribution in [1.29, 1.82) is 0 Å². The second-order valence-electron chi connectivity index (χ2n) is 6.96. The van der Waals surface area contributed by atoms with Crippen LogP contribution in [0.4, 0.5) is 0 Å². The molecular weight excluding hydrogens is 236 g/mol. The standard InChI is InChI=1S/C16H30N2O/c1-6-12(4)13(5)18-14(11(2)3)17-16(15(18)19)9-7-8-10-16/h11-14,17H,6-10H2,1-5H3. The monoisotopic (exact) mass is 266 g/mol. The van der Waals surface area contributed by atoms with Crippen molar-refractivity contribution in [3.05, 3.63) is 0 Å². The Labute approximate surface area is 118 Å². The fourth-order valence-corrected chi connectivity index (χ4v) is 3.67. The maximum Gasteiger partial charge on any atom is 0.244 e. The summed E-state index contributed by atoms with van der Waals surface area (Å²) in [6.45, 7) is 11.1. The van der Waals surface area contributed by atoms with Crippen LogP contribution in [-0.2, 0) is 4.79 Å².